The van der Waals surface area contributed by atoms with E-state index in [1.165, 1.54) is 32.4 Å². The third-order valence-electron chi connectivity index (χ3n) is 5.48. The molecule has 1 aliphatic heterocycles. The molecular formula is C21H27N5O. The number of nitrogens with one attached hydrogen (secondary N) is 1. The van der Waals surface area contributed by atoms with Crippen molar-refractivity contribution < 1.29 is 4.74 Å². The molecule has 142 valence electrons. The highest BCUT2D eigenvalue weighted by molar-refractivity contribution is 5.78. The zero-order valence-corrected chi connectivity index (χ0v) is 16.1. The molecule has 2 aromatic heterocycles. The fraction of sp³-hybridized carbons (Fsp3) is 0.429. The number of hydrogen-bond donors (Lipinski definition) is 1. The van der Waals surface area contributed by atoms with Gasteiger partial charge < -0.3 is 9.30 Å². The number of methoxy groups -OCH3 is 1. The maximum Gasteiger partial charge on any atom is 0.118 e. The van der Waals surface area contributed by atoms with Gasteiger partial charge in [-0.2, -0.15) is 5.10 Å². The molecule has 0 amide bonds. The smallest absolute Gasteiger partial charge is 0.118 e. The zero-order valence-electron chi connectivity index (χ0n) is 16.1. The Morgan fingerprint density at radius 3 is 2.63 bits per heavy atom. The van der Waals surface area contributed by atoms with Crippen LogP contribution in [0.3, 0.4) is 0 Å². The minimum atomic E-state index is 0.495. The number of aromatic nitrogens is 4. The van der Waals surface area contributed by atoms with E-state index in [-0.39, 0.29) is 0 Å². The van der Waals surface area contributed by atoms with Gasteiger partial charge in [-0.15, -0.1) is 0 Å². The van der Waals surface area contributed by atoms with E-state index in [4.69, 9.17) is 4.74 Å². The molecule has 4 rings (SSSR count). The van der Waals surface area contributed by atoms with Crippen molar-refractivity contribution in [2.75, 3.05) is 20.2 Å². The second-order valence-electron chi connectivity index (χ2n) is 7.26. The summed E-state index contributed by atoms with van der Waals surface area (Å²) >= 11 is 0. The van der Waals surface area contributed by atoms with Gasteiger partial charge in [0.25, 0.3) is 0 Å². The number of ether oxygens (including phenoxy) is 1. The summed E-state index contributed by atoms with van der Waals surface area (Å²) in [6, 6.07) is 8.53. The lowest BCUT2D eigenvalue weighted by molar-refractivity contribution is 0.160. The van der Waals surface area contributed by atoms with E-state index in [0.717, 1.165) is 34.8 Å². The topological polar surface area (TPSA) is 59.0 Å². The Labute approximate surface area is 160 Å². The molecule has 1 aromatic carbocycles. The van der Waals surface area contributed by atoms with E-state index in [0.29, 0.717) is 6.04 Å². The fourth-order valence-electron chi connectivity index (χ4n) is 3.91. The predicted octanol–water partition coefficient (Wildman–Crippen LogP) is 3.82. The van der Waals surface area contributed by atoms with Gasteiger partial charge in [0.1, 0.15) is 5.75 Å². The van der Waals surface area contributed by atoms with Crippen LogP contribution in [0.15, 0.2) is 43.0 Å². The number of nitrogens with zero attached hydrogens (tertiary/aromatic N) is 4. The second-order valence-corrected chi connectivity index (χ2v) is 7.26. The Bertz CT molecular complexity index is 861. The highest BCUT2D eigenvalue weighted by Crippen LogP contribution is 2.31. The highest BCUT2D eigenvalue weighted by atomic mass is 16.5. The third kappa shape index (κ3) is 3.76. The van der Waals surface area contributed by atoms with Gasteiger partial charge >= 0.3 is 0 Å². The van der Waals surface area contributed by atoms with E-state index in [2.05, 4.69) is 31.6 Å². The van der Waals surface area contributed by atoms with Gasteiger partial charge in [0.15, 0.2) is 0 Å². The maximum absolute atomic E-state index is 5.26. The summed E-state index contributed by atoms with van der Waals surface area (Å²) < 4.78 is 7.51. The molecule has 1 aliphatic rings. The molecule has 0 radical (unpaired) electrons. The first kappa shape index (κ1) is 17.8. The normalized spacial score (nSPS) is 16.4. The van der Waals surface area contributed by atoms with Crippen molar-refractivity contribution in [2.45, 2.75) is 38.8 Å². The van der Waals surface area contributed by atoms with Crippen molar-refractivity contribution in [3.8, 4) is 28.3 Å². The van der Waals surface area contributed by atoms with E-state index >= 15 is 0 Å². The summed E-state index contributed by atoms with van der Waals surface area (Å²) in [7, 11) is 1.68. The number of likely N-dealkylation sites (tertiary alicyclic amines) is 1. The molecule has 0 saturated carbocycles. The zero-order chi connectivity index (χ0) is 18.6. The summed E-state index contributed by atoms with van der Waals surface area (Å²) in [4.78, 5) is 7.01. The molecule has 3 heterocycles. The number of benzene rings is 1. The second kappa shape index (κ2) is 7.96. The van der Waals surface area contributed by atoms with Crippen LogP contribution in [-0.2, 0) is 6.54 Å². The van der Waals surface area contributed by atoms with Crippen LogP contribution in [0.25, 0.3) is 22.5 Å². The van der Waals surface area contributed by atoms with Gasteiger partial charge in [0.2, 0.25) is 0 Å². The van der Waals surface area contributed by atoms with Crippen LogP contribution in [0.1, 0.15) is 26.2 Å². The molecule has 0 spiro atoms. The summed E-state index contributed by atoms with van der Waals surface area (Å²) in [6.07, 6.45) is 9.73. The first-order chi connectivity index (χ1) is 13.3. The van der Waals surface area contributed by atoms with Crippen LogP contribution >= 0.6 is 0 Å². The van der Waals surface area contributed by atoms with Gasteiger partial charge in [-0.25, -0.2) is 4.98 Å². The predicted molar refractivity (Wildman–Crippen MR) is 107 cm³/mol. The summed E-state index contributed by atoms with van der Waals surface area (Å²) in [5.41, 5.74) is 4.26. The van der Waals surface area contributed by atoms with Crippen LogP contribution in [0.4, 0.5) is 0 Å². The molecule has 6 nitrogen and oxygen atoms in total. The van der Waals surface area contributed by atoms with E-state index < -0.39 is 0 Å². The van der Waals surface area contributed by atoms with Crippen molar-refractivity contribution in [3.05, 3.63) is 43.0 Å². The number of rotatable bonds is 6. The van der Waals surface area contributed by atoms with Gasteiger partial charge in [-0.3, -0.25) is 10.00 Å². The molecular weight excluding hydrogens is 338 g/mol. The molecule has 1 saturated heterocycles. The monoisotopic (exact) mass is 365 g/mol. The lowest BCUT2D eigenvalue weighted by Gasteiger charge is -2.32. The van der Waals surface area contributed by atoms with Crippen molar-refractivity contribution in [3.63, 3.8) is 0 Å². The van der Waals surface area contributed by atoms with Crippen molar-refractivity contribution in [2.24, 2.45) is 0 Å². The minimum absolute atomic E-state index is 0.495. The van der Waals surface area contributed by atoms with E-state index in [9.17, 15) is 0 Å². The van der Waals surface area contributed by atoms with Crippen LogP contribution in [-0.4, -0.2) is 50.9 Å². The number of piperidine rings is 1. The number of hydrogen-bond acceptors (Lipinski definition) is 4. The molecule has 0 unspecified atom stereocenters. The third-order valence-corrected chi connectivity index (χ3v) is 5.48. The van der Waals surface area contributed by atoms with Crippen molar-refractivity contribution >= 4 is 0 Å². The lowest BCUT2D eigenvalue weighted by atomic mass is 10.1. The summed E-state index contributed by atoms with van der Waals surface area (Å²) in [5, 5.41) is 7.45. The first-order valence-corrected chi connectivity index (χ1v) is 9.68. The van der Waals surface area contributed by atoms with Crippen molar-refractivity contribution in [1.82, 2.24) is 24.6 Å². The van der Waals surface area contributed by atoms with Crippen molar-refractivity contribution in [1.29, 1.82) is 0 Å². The maximum atomic E-state index is 5.26. The lowest BCUT2D eigenvalue weighted by Crippen LogP contribution is -2.39. The Morgan fingerprint density at radius 1 is 1.11 bits per heavy atom. The average molecular weight is 365 g/mol. The van der Waals surface area contributed by atoms with Crippen LogP contribution in [0.2, 0.25) is 0 Å². The summed E-state index contributed by atoms with van der Waals surface area (Å²) in [6.45, 7) is 5.65. The van der Waals surface area contributed by atoms with Crippen LogP contribution in [0.5, 0.6) is 5.75 Å². The number of aromatic amines is 1. The molecule has 1 fully saturated rings. The van der Waals surface area contributed by atoms with Crippen LogP contribution in [0, 0.1) is 0 Å². The largest absolute Gasteiger partial charge is 0.497 e. The standard InChI is InChI=1S/C21H27N5O/c1-16(25-10-4-3-5-11-25)14-26-15-22-13-20(26)19-12-23-24-21(19)17-6-8-18(27-2)9-7-17/h6-9,12-13,15-16H,3-5,10-11,14H2,1-2H3,(H,23,24)/t16-/m0/s1. The first-order valence-electron chi connectivity index (χ1n) is 9.68. The van der Waals surface area contributed by atoms with Gasteiger partial charge in [0.05, 0.1) is 37.2 Å². The Hall–Kier alpha value is -2.60. The molecule has 1 N–H and O–H groups in total. The SMILES string of the molecule is COc1ccc(-c2[nH]ncc2-c2cncn2C[C@H](C)N2CCCCC2)cc1. The number of imidazole rings is 1. The Balaban J connectivity index is 1.58. The van der Waals surface area contributed by atoms with E-state index in [1.54, 1.807) is 7.11 Å². The molecule has 0 aliphatic carbocycles. The Kier molecular flexibility index (Phi) is 5.25. The Morgan fingerprint density at radius 2 is 1.89 bits per heavy atom. The summed E-state index contributed by atoms with van der Waals surface area (Å²) in [5.74, 6) is 0.847. The number of H-pyrrole nitrogens is 1. The molecule has 0 bridgehead atoms. The molecule has 6 heteroatoms. The molecule has 27 heavy (non-hydrogen) atoms. The van der Waals surface area contributed by atoms with Gasteiger partial charge in [0, 0.05) is 23.7 Å². The highest BCUT2D eigenvalue weighted by Gasteiger charge is 2.19. The van der Waals surface area contributed by atoms with Gasteiger partial charge in [-0.1, -0.05) is 6.42 Å². The molecule has 3 aromatic rings. The van der Waals surface area contributed by atoms with Gasteiger partial charge in [-0.05, 0) is 57.1 Å². The quantitative estimate of drug-likeness (QED) is 0.721. The van der Waals surface area contributed by atoms with Crippen LogP contribution < -0.4 is 4.74 Å². The minimum Gasteiger partial charge on any atom is -0.497 e. The fourth-order valence-corrected chi connectivity index (χ4v) is 3.91. The molecule has 1 atom stereocenters. The van der Waals surface area contributed by atoms with E-state index in [1.807, 2.05) is 43.0 Å². The average Bonchev–Trinajstić information content (AvgIpc) is 3.37.